The van der Waals surface area contributed by atoms with E-state index in [-0.39, 0.29) is 16.6 Å². The third kappa shape index (κ3) is 2.68. The van der Waals surface area contributed by atoms with Gasteiger partial charge in [0, 0.05) is 24.0 Å². The molecule has 0 atom stereocenters. The molecular weight excluding hydrogens is 250 g/mol. The lowest BCUT2D eigenvalue weighted by atomic mass is 10.0. The SMILES string of the molecule is O=C(O)c1cc(C(=O)O)cc(-c2cc(=O)cc[nH]2)c1. The molecule has 0 amide bonds. The first-order chi connectivity index (χ1) is 8.97. The minimum Gasteiger partial charge on any atom is -0.478 e. The molecule has 19 heavy (non-hydrogen) atoms. The molecule has 0 saturated carbocycles. The van der Waals surface area contributed by atoms with Crippen LogP contribution in [0.25, 0.3) is 11.3 Å². The first-order valence-corrected chi connectivity index (χ1v) is 5.28. The molecule has 0 aliphatic carbocycles. The third-order valence-corrected chi connectivity index (χ3v) is 2.51. The maximum atomic E-state index is 11.2. The predicted molar refractivity (Wildman–Crippen MR) is 66.4 cm³/mol. The fourth-order valence-corrected chi connectivity index (χ4v) is 1.64. The number of aromatic amines is 1. The predicted octanol–water partition coefficient (Wildman–Crippen LogP) is 1.44. The van der Waals surface area contributed by atoms with E-state index in [0.717, 1.165) is 6.07 Å². The van der Waals surface area contributed by atoms with Crippen LogP contribution in [0.15, 0.2) is 41.3 Å². The quantitative estimate of drug-likeness (QED) is 0.773. The first-order valence-electron chi connectivity index (χ1n) is 5.28. The van der Waals surface area contributed by atoms with Gasteiger partial charge in [-0.1, -0.05) is 0 Å². The van der Waals surface area contributed by atoms with Crippen molar-refractivity contribution < 1.29 is 19.8 Å². The van der Waals surface area contributed by atoms with Crippen LogP contribution in [-0.4, -0.2) is 27.1 Å². The van der Waals surface area contributed by atoms with Crippen LogP contribution in [0.5, 0.6) is 0 Å². The van der Waals surface area contributed by atoms with Crippen molar-refractivity contribution in [2.24, 2.45) is 0 Å². The summed E-state index contributed by atoms with van der Waals surface area (Å²) in [5.74, 6) is -2.47. The van der Waals surface area contributed by atoms with Crippen LogP contribution in [0.2, 0.25) is 0 Å². The number of pyridine rings is 1. The summed E-state index contributed by atoms with van der Waals surface area (Å²) in [5.41, 5.74) is 0.124. The Hall–Kier alpha value is -2.89. The van der Waals surface area contributed by atoms with E-state index in [0.29, 0.717) is 11.3 Å². The number of carboxylic acids is 2. The van der Waals surface area contributed by atoms with Gasteiger partial charge in [0.15, 0.2) is 5.43 Å². The van der Waals surface area contributed by atoms with Crippen molar-refractivity contribution in [3.05, 3.63) is 57.9 Å². The average Bonchev–Trinajstić information content (AvgIpc) is 2.38. The molecule has 2 aromatic rings. The number of carbonyl (C=O) groups is 2. The average molecular weight is 259 g/mol. The first kappa shape index (κ1) is 12.6. The van der Waals surface area contributed by atoms with Gasteiger partial charge in [0.05, 0.1) is 11.1 Å². The number of aromatic carboxylic acids is 2. The minimum atomic E-state index is -1.23. The summed E-state index contributed by atoms with van der Waals surface area (Å²) in [4.78, 5) is 35.9. The van der Waals surface area contributed by atoms with Gasteiger partial charge in [-0.2, -0.15) is 0 Å². The zero-order valence-corrected chi connectivity index (χ0v) is 9.58. The Bertz CT molecular complexity index is 685. The van der Waals surface area contributed by atoms with Crippen LogP contribution in [0, 0.1) is 0 Å². The second kappa shape index (κ2) is 4.77. The number of benzene rings is 1. The van der Waals surface area contributed by atoms with Gasteiger partial charge in [-0.3, -0.25) is 4.79 Å². The van der Waals surface area contributed by atoms with Gasteiger partial charge in [0.1, 0.15) is 0 Å². The monoisotopic (exact) mass is 259 g/mol. The minimum absolute atomic E-state index is 0.153. The van der Waals surface area contributed by atoms with Gasteiger partial charge in [0.2, 0.25) is 0 Å². The fourth-order valence-electron chi connectivity index (χ4n) is 1.64. The van der Waals surface area contributed by atoms with E-state index in [9.17, 15) is 14.4 Å². The van der Waals surface area contributed by atoms with Crippen LogP contribution < -0.4 is 5.43 Å². The maximum Gasteiger partial charge on any atom is 0.335 e. The van der Waals surface area contributed by atoms with Crippen molar-refractivity contribution in [2.45, 2.75) is 0 Å². The third-order valence-electron chi connectivity index (χ3n) is 2.51. The molecule has 0 unspecified atom stereocenters. The molecule has 2 rings (SSSR count). The van der Waals surface area contributed by atoms with Gasteiger partial charge in [-0.15, -0.1) is 0 Å². The Labute approximate surface area is 107 Å². The van der Waals surface area contributed by atoms with Crippen molar-refractivity contribution in [3.63, 3.8) is 0 Å². The smallest absolute Gasteiger partial charge is 0.335 e. The molecule has 3 N–H and O–H groups in total. The summed E-state index contributed by atoms with van der Waals surface area (Å²) < 4.78 is 0. The second-order valence-electron chi connectivity index (χ2n) is 3.85. The second-order valence-corrected chi connectivity index (χ2v) is 3.85. The largest absolute Gasteiger partial charge is 0.478 e. The Morgan fingerprint density at radius 2 is 1.53 bits per heavy atom. The normalized spacial score (nSPS) is 10.1. The molecular formula is C13H9NO5. The molecule has 0 aliphatic rings. The molecule has 0 fully saturated rings. The fraction of sp³-hybridized carbons (Fsp3) is 0. The lowest BCUT2D eigenvalue weighted by molar-refractivity contribution is 0.0696. The Balaban J connectivity index is 2.66. The molecule has 96 valence electrons. The summed E-state index contributed by atoms with van der Waals surface area (Å²) in [5, 5.41) is 17.9. The van der Waals surface area contributed by atoms with E-state index in [2.05, 4.69) is 4.98 Å². The lowest BCUT2D eigenvalue weighted by Crippen LogP contribution is -2.04. The van der Waals surface area contributed by atoms with Crippen LogP contribution in [-0.2, 0) is 0 Å². The number of aromatic nitrogens is 1. The molecule has 6 heteroatoms. The molecule has 0 saturated heterocycles. The van der Waals surface area contributed by atoms with Crippen LogP contribution in [0.4, 0.5) is 0 Å². The Morgan fingerprint density at radius 3 is 2.00 bits per heavy atom. The van der Waals surface area contributed by atoms with E-state index in [1.807, 2.05) is 0 Å². The summed E-state index contributed by atoms with van der Waals surface area (Å²) in [7, 11) is 0. The van der Waals surface area contributed by atoms with Crippen molar-refractivity contribution >= 4 is 11.9 Å². The Kier molecular flexibility index (Phi) is 3.15. The highest BCUT2D eigenvalue weighted by atomic mass is 16.4. The zero-order chi connectivity index (χ0) is 14.0. The standard InChI is InChI=1S/C13H9NO5/c15-10-1-2-14-11(6-10)7-3-8(12(16)17)5-9(4-7)13(18)19/h1-6H,(H,14,15)(H,16,17)(H,18,19). The van der Waals surface area contributed by atoms with Crippen LogP contribution >= 0.6 is 0 Å². The lowest BCUT2D eigenvalue weighted by Gasteiger charge is -2.05. The number of carboxylic acid groups (broad SMARTS) is 2. The van der Waals surface area contributed by atoms with Gasteiger partial charge in [-0.25, -0.2) is 9.59 Å². The van der Waals surface area contributed by atoms with Crippen molar-refractivity contribution in [3.8, 4) is 11.3 Å². The van der Waals surface area contributed by atoms with Crippen LogP contribution in [0.1, 0.15) is 20.7 Å². The summed E-state index contributed by atoms with van der Waals surface area (Å²) >= 11 is 0. The molecule has 0 spiro atoms. The Morgan fingerprint density at radius 1 is 0.947 bits per heavy atom. The topological polar surface area (TPSA) is 107 Å². The molecule has 0 radical (unpaired) electrons. The highest BCUT2D eigenvalue weighted by Gasteiger charge is 2.12. The summed E-state index contributed by atoms with van der Waals surface area (Å²) in [6.07, 6.45) is 1.41. The molecule has 6 nitrogen and oxygen atoms in total. The number of rotatable bonds is 3. The molecule has 1 aromatic heterocycles. The number of hydrogen-bond donors (Lipinski definition) is 3. The van der Waals surface area contributed by atoms with Crippen LogP contribution in [0.3, 0.4) is 0 Å². The highest BCUT2D eigenvalue weighted by Crippen LogP contribution is 2.20. The summed E-state index contributed by atoms with van der Waals surface area (Å²) in [6, 6.07) is 6.25. The van der Waals surface area contributed by atoms with E-state index >= 15 is 0 Å². The van der Waals surface area contributed by atoms with Crippen molar-refractivity contribution in [1.82, 2.24) is 4.98 Å². The molecule has 1 heterocycles. The van der Waals surface area contributed by atoms with E-state index in [1.54, 1.807) is 0 Å². The summed E-state index contributed by atoms with van der Waals surface area (Å²) in [6.45, 7) is 0. The van der Waals surface area contributed by atoms with Gasteiger partial charge < -0.3 is 15.2 Å². The molecule has 1 aromatic carbocycles. The van der Waals surface area contributed by atoms with Gasteiger partial charge in [0.25, 0.3) is 0 Å². The number of H-pyrrole nitrogens is 1. The van der Waals surface area contributed by atoms with Gasteiger partial charge >= 0.3 is 11.9 Å². The highest BCUT2D eigenvalue weighted by molar-refractivity contribution is 5.95. The van der Waals surface area contributed by atoms with E-state index < -0.39 is 11.9 Å². The number of nitrogens with one attached hydrogen (secondary N) is 1. The number of hydrogen-bond acceptors (Lipinski definition) is 3. The van der Waals surface area contributed by atoms with Crippen molar-refractivity contribution in [2.75, 3.05) is 0 Å². The van der Waals surface area contributed by atoms with E-state index in [1.165, 1.54) is 30.5 Å². The molecule has 0 aliphatic heterocycles. The zero-order valence-electron chi connectivity index (χ0n) is 9.58. The maximum absolute atomic E-state index is 11.2. The molecule has 0 bridgehead atoms. The van der Waals surface area contributed by atoms with Crippen molar-refractivity contribution in [1.29, 1.82) is 0 Å². The van der Waals surface area contributed by atoms with Gasteiger partial charge in [-0.05, 0) is 23.8 Å². The van der Waals surface area contributed by atoms with E-state index in [4.69, 9.17) is 10.2 Å².